The fourth-order valence-corrected chi connectivity index (χ4v) is 1.73. The molecule has 1 rings (SSSR count). The summed E-state index contributed by atoms with van der Waals surface area (Å²) in [6.07, 6.45) is 0.959. The Morgan fingerprint density at radius 2 is 2.06 bits per heavy atom. The molecule has 1 N–H and O–H groups in total. The van der Waals surface area contributed by atoms with Gasteiger partial charge in [0.15, 0.2) is 0 Å². The van der Waals surface area contributed by atoms with Crippen LogP contribution >= 0.6 is 15.9 Å². The zero-order valence-corrected chi connectivity index (χ0v) is 11.9. The highest BCUT2D eigenvalue weighted by Crippen LogP contribution is 2.28. The Kier molecular flexibility index (Phi) is 4.51. The number of anilines is 1. The highest BCUT2D eigenvalue weighted by Gasteiger charge is 2.15. The van der Waals surface area contributed by atoms with Crippen molar-refractivity contribution in [1.82, 2.24) is 0 Å². The summed E-state index contributed by atoms with van der Waals surface area (Å²) < 4.78 is 0.713. The monoisotopic (exact) mass is 300 g/mol. The Balaban J connectivity index is 2.74. The molecule has 17 heavy (non-hydrogen) atoms. The van der Waals surface area contributed by atoms with Crippen LogP contribution in [0.15, 0.2) is 22.7 Å². The number of nitro groups is 1. The zero-order valence-electron chi connectivity index (χ0n) is 10.3. The van der Waals surface area contributed by atoms with Crippen LogP contribution in [0, 0.1) is 15.5 Å². The number of rotatable bonds is 4. The molecule has 0 aliphatic rings. The number of halogens is 1. The number of nitrogens with zero attached hydrogens (tertiary/aromatic N) is 1. The normalized spacial score (nSPS) is 11.3. The van der Waals surface area contributed by atoms with Gasteiger partial charge in [0.05, 0.1) is 4.92 Å². The van der Waals surface area contributed by atoms with Crippen LogP contribution in [-0.2, 0) is 0 Å². The third kappa shape index (κ3) is 4.73. The average Bonchev–Trinajstić information content (AvgIpc) is 2.18. The van der Waals surface area contributed by atoms with E-state index in [4.69, 9.17) is 0 Å². The highest BCUT2D eigenvalue weighted by molar-refractivity contribution is 9.10. The van der Waals surface area contributed by atoms with E-state index in [2.05, 4.69) is 42.0 Å². The van der Waals surface area contributed by atoms with E-state index in [1.807, 2.05) is 0 Å². The molecule has 0 radical (unpaired) electrons. The fourth-order valence-electron chi connectivity index (χ4n) is 1.38. The van der Waals surface area contributed by atoms with Crippen molar-refractivity contribution >= 4 is 27.3 Å². The van der Waals surface area contributed by atoms with E-state index in [1.54, 1.807) is 12.1 Å². The highest BCUT2D eigenvalue weighted by atomic mass is 79.9. The van der Waals surface area contributed by atoms with Crippen molar-refractivity contribution in [2.24, 2.45) is 5.41 Å². The first-order valence-corrected chi connectivity index (χ1v) is 6.27. The number of hydrogen-bond acceptors (Lipinski definition) is 3. The Morgan fingerprint density at radius 1 is 1.41 bits per heavy atom. The first-order chi connectivity index (χ1) is 7.79. The van der Waals surface area contributed by atoms with E-state index >= 15 is 0 Å². The number of nitro benzene ring substituents is 1. The third-order valence-electron chi connectivity index (χ3n) is 2.35. The first-order valence-electron chi connectivity index (χ1n) is 5.47. The Bertz CT molecular complexity index is 413. The molecule has 0 fully saturated rings. The van der Waals surface area contributed by atoms with Gasteiger partial charge in [-0.15, -0.1) is 0 Å². The number of nitrogens with one attached hydrogen (secondary N) is 1. The molecule has 94 valence electrons. The van der Waals surface area contributed by atoms with Gasteiger partial charge in [-0.05, 0) is 24.0 Å². The smallest absolute Gasteiger partial charge is 0.293 e. The minimum absolute atomic E-state index is 0.105. The average molecular weight is 301 g/mol. The van der Waals surface area contributed by atoms with Gasteiger partial charge < -0.3 is 5.32 Å². The van der Waals surface area contributed by atoms with Gasteiger partial charge in [-0.2, -0.15) is 0 Å². The maximum atomic E-state index is 10.9. The molecule has 0 saturated heterocycles. The SMILES string of the molecule is CC(C)(C)CCNc1ccc(Br)cc1[N+](=O)[O-]. The van der Waals surface area contributed by atoms with Crippen LogP contribution in [0.3, 0.4) is 0 Å². The molecule has 1 aromatic carbocycles. The summed E-state index contributed by atoms with van der Waals surface area (Å²) in [5, 5.41) is 14.0. The molecule has 0 amide bonds. The van der Waals surface area contributed by atoms with Gasteiger partial charge in [0.2, 0.25) is 0 Å². The number of benzene rings is 1. The van der Waals surface area contributed by atoms with Gasteiger partial charge in [0.1, 0.15) is 5.69 Å². The summed E-state index contributed by atoms with van der Waals surface area (Å²) in [6.45, 7) is 7.16. The van der Waals surface area contributed by atoms with Crippen LogP contribution in [0.4, 0.5) is 11.4 Å². The molecule has 5 heteroatoms. The summed E-state index contributed by atoms with van der Waals surface area (Å²) in [5.41, 5.74) is 0.896. The maximum absolute atomic E-state index is 10.9. The second-order valence-electron chi connectivity index (χ2n) is 5.16. The van der Waals surface area contributed by atoms with E-state index < -0.39 is 0 Å². The topological polar surface area (TPSA) is 55.2 Å². The minimum atomic E-state index is -0.371. The van der Waals surface area contributed by atoms with Crippen LogP contribution in [0.1, 0.15) is 27.2 Å². The summed E-state index contributed by atoms with van der Waals surface area (Å²) in [6, 6.07) is 5.04. The van der Waals surface area contributed by atoms with Gasteiger partial charge in [0, 0.05) is 17.1 Å². The quantitative estimate of drug-likeness (QED) is 0.669. The third-order valence-corrected chi connectivity index (χ3v) is 2.84. The molecular weight excluding hydrogens is 284 g/mol. The summed E-state index contributed by atoms with van der Waals surface area (Å²) in [7, 11) is 0. The van der Waals surface area contributed by atoms with Crippen LogP contribution < -0.4 is 5.32 Å². The molecule has 0 spiro atoms. The summed E-state index contributed by atoms with van der Waals surface area (Å²) in [4.78, 5) is 10.5. The molecule has 0 atom stereocenters. The standard InChI is InChI=1S/C12H17BrN2O2/c1-12(2,3)6-7-14-10-5-4-9(13)8-11(10)15(16)17/h4-5,8,14H,6-7H2,1-3H3. The Morgan fingerprint density at radius 3 is 2.59 bits per heavy atom. The molecule has 0 bridgehead atoms. The minimum Gasteiger partial charge on any atom is -0.379 e. The Labute approximate surface area is 110 Å². The van der Waals surface area contributed by atoms with E-state index in [1.165, 1.54) is 6.07 Å². The largest absolute Gasteiger partial charge is 0.379 e. The maximum Gasteiger partial charge on any atom is 0.293 e. The summed E-state index contributed by atoms with van der Waals surface area (Å²) in [5.74, 6) is 0. The molecule has 1 aromatic rings. The van der Waals surface area contributed by atoms with Crippen LogP contribution in [0.2, 0.25) is 0 Å². The predicted octanol–water partition coefficient (Wildman–Crippen LogP) is 4.21. The second kappa shape index (κ2) is 5.49. The zero-order chi connectivity index (χ0) is 13.1. The van der Waals surface area contributed by atoms with E-state index in [-0.39, 0.29) is 16.0 Å². The van der Waals surface area contributed by atoms with Crippen molar-refractivity contribution in [2.75, 3.05) is 11.9 Å². The van der Waals surface area contributed by atoms with Crippen molar-refractivity contribution in [3.8, 4) is 0 Å². The molecule has 4 nitrogen and oxygen atoms in total. The van der Waals surface area contributed by atoms with E-state index in [9.17, 15) is 10.1 Å². The lowest BCUT2D eigenvalue weighted by molar-refractivity contribution is -0.384. The van der Waals surface area contributed by atoms with Crippen molar-refractivity contribution in [2.45, 2.75) is 27.2 Å². The van der Waals surface area contributed by atoms with Gasteiger partial charge in [-0.25, -0.2) is 0 Å². The lowest BCUT2D eigenvalue weighted by Crippen LogP contribution is -2.13. The summed E-state index contributed by atoms with van der Waals surface area (Å²) >= 11 is 3.23. The lowest BCUT2D eigenvalue weighted by Gasteiger charge is -2.18. The lowest BCUT2D eigenvalue weighted by atomic mass is 9.92. The van der Waals surface area contributed by atoms with Crippen LogP contribution in [0.5, 0.6) is 0 Å². The van der Waals surface area contributed by atoms with Crippen LogP contribution in [-0.4, -0.2) is 11.5 Å². The first kappa shape index (κ1) is 14.0. The van der Waals surface area contributed by atoms with E-state index in [0.717, 1.165) is 13.0 Å². The van der Waals surface area contributed by atoms with Crippen LogP contribution in [0.25, 0.3) is 0 Å². The van der Waals surface area contributed by atoms with Crippen molar-refractivity contribution < 1.29 is 4.92 Å². The number of hydrogen-bond donors (Lipinski definition) is 1. The molecule has 0 unspecified atom stereocenters. The Hall–Kier alpha value is -1.10. The second-order valence-corrected chi connectivity index (χ2v) is 6.07. The van der Waals surface area contributed by atoms with Crippen molar-refractivity contribution in [1.29, 1.82) is 0 Å². The molecular formula is C12H17BrN2O2. The van der Waals surface area contributed by atoms with Gasteiger partial charge in [-0.1, -0.05) is 36.7 Å². The van der Waals surface area contributed by atoms with E-state index in [0.29, 0.717) is 10.2 Å². The van der Waals surface area contributed by atoms with Gasteiger partial charge >= 0.3 is 0 Å². The van der Waals surface area contributed by atoms with Crippen molar-refractivity contribution in [3.05, 3.63) is 32.8 Å². The van der Waals surface area contributed by atoms with Gasteiger partial charge in [-0.3, -0.25) is 10.1 Å². The molecule has 0 aliphatic carbocycles. The van der Waals surface area contributed by atoms with Crippen molar-refractivity contribution in [3.63, 3.8) is 0 Å². The molecule has 0 aliphatic heterocycles. The molecule has 0 aromatic heterocycles. The fraction of sp³-hybridized carbons (Fsp3) is 0.500. The molecule has 0 saturated carbocycles. The predicted molar refractivity (Wildman–Crippen MR) is 73.4 cm³/mol. The van der Waals surface area contributed by atoms with Gasteiger partial charge in [0.25, 0.3) is 5.69 Å². The molecule has 0 heterocycles.